The number of rotatable bonds is 6. The third kappa shape index (κ3) is 4.40. The minimum Gasteiger partial charge on any atom is -0.486 e. The highest BCUT2D eigenvalue weighted by molar-refractivity contribution is 14.1. The molecule has 2 aromatic carbocycles. The van der Waals surface area contributed by atoms with Crippen LogP contribution in [0.3, 0.4) is 0 Å². The summed E-state index contributed by atoms with van der Waals surface area (Å²) < 4.78 is 12.1. The molecule has 1 saturated carbocycles. The van der Waals surface area contributed by atoms with Gasteiger partial charge in [-0.25, -0.2) is 0 Å². The average Bonchev–Trinajstić information content (AvgIpc) is 3.55. The molecule has 2 N–H and O–H groups in total. The summed E-state index contributed by atoms with van der Waals surface area (Å²) >= 11 is 2.11. The lowest BCUT2D eigenvalue weighted by Gasteiger charge is -2.23. The number of carbonyl (C=O) groups is 2. The number of hydrogen-bond donors (Lipinski definition) is 2. The van der Waals surface area contributed by atoms with Gasteiger partial charge in [0.1, 0.15) is 13.2 Å². The molecule has 1 atom stereocenters. The van der Waals surface area contributed by atoms with E-state index in [1.807, 2.05) is 36.4 Å². The maximum absolute atomic E-state index is 12.5. The summed E-state index contributed by atoms with van der Waals surface area (Å²) in [5.41, 5.74) is 1.57. The van der Waals surface area contributed by atoms with E-state index in [-0.39, 0.29) is 24.4 Å². The molecule has 1 heterocycles. The van der Waals surface area contributed by atoms with Crippen LogP contribution in [0.15, 0.2) is 42.5 Å². The van der Waals surface area contributed by atoms with Gasteiger partial charge in [-0.1, -0.05) is 18.2 Å². The fourth-order valence-electron chi connectivity index (χ4n) is 3.28. The fraction of sp³-hybridized carbons (Fsp3) is 0.333. The van der Waals surface area contributed by atoms with Gasteiger partial charge in [-0.15, -0.1) is 0 Å². The molecule has 1 aliphatic carbocycles. The van der Waals surface area contributed by atoms with E-state index in [2.05, 4.69) is 33.2 Å². The molecule has 2 aromatic rings. The number of hydrogen-bond acceptors (Lipinski definition) is 4. The summed E-state index contributed by atoms with van der Waals surface area (Å²) in [6.07, 6.45) is 2.15. The van der Waals surface area contributed by atoms with Crippen LogP contribution in [-0.2, 0) is 4.79 Å². The first-order valence-corrected chi connectivity index (χ1v) is 10.4. The maximum atomic E-state index is 12.5. The van der Waals surface area contributed by atoms with Crippen molar-refractivity contribution in [2.75, 3.05) is 19.8 Å². The molecular formula is C21H21IN2O4. The van der Waals surface area contributed by atoms with Crippen LogP contribution in [0, 0.1) is 9.49 Å². The first-order valence-electron chi connectivity index (χ1n) is 9.33. The van der Waals surface area contributed by atoms with Gasteiger partial charge < -0.3 is 20.1 Å². The standard InChI is InChI=1S/C21H21IN2O4/c22-16-4-2-1-3-15(16)21(26)23-12-19(25)24-20(13-5-6-13)14-7-8-17-18(11-14)28-10-9-27-17/h1-4,7-8,11,13,20H,5-6,9-10,12H2,(H,23,26)(H,24,25). The maximum Gasteiger partial charge on any atom is 0.252 e. The Hall–Kier alpha value is -2.29. The largest absolute Gasteiger partial charge is 0.486 e. The minimum atomic E-state index is -0.248. The van der Waals surface area contributed by atoms with E-state index >= 15 is 0 Å². The molecule has 0 bridgehead atoms. The lowest BCUT2D eigenvalue weighted by molar-refractivity contribution is -0.121. The van der Waals surface area contributed by atoms with Gasteiger partial charge in [-0.05, 0) is 71.2 Å². The van der Waals surface area contributed by atoms with Crippen molar-refractivity contribution < 1.29 is 19.1 Å². The van der Waals surface area contributed by atoms with E-state index in [1.54, 1.807) is 6.07 Å². The number of nitrogens with one attached hydrogen (secondary N) is 2. The van der Waals surface area contributed by atoms with Crippen molar-refractivity contribution in [1.82, 2.24) is 10.6 Å². The van der Waals surface area contributed by atoms with Crippen molar-refractivity contribution >= 4 is 34.4 Å². The van der Waals surface area contributed by atoms with Gasteiger partial charge in [0.05, 0.1) is 18.2 Å². The summed E-state index contributed by atoms with van der Waals surface area (Å²) in [5, 5.41) is 5.78. The second-order valence-corrected chi connectivity index (χ2v) is 8.11. The Morgan fingerprint density at radius 3 is 2.57 bits per heavy atom. The monoisotopic (exact) mass is 492 g/mol. The zero-order valence-electron chi connectivity index (χ0n) is 15.2. The van der Waals surface area contributed by atoms with Crippen LogP contribution < -0.4 is 20.1 Å². The highest BCUT2D eigenvalue weighted by Crippen LogP contribution is 2.43. The van der Waals surface area contributed by atoms with Crippen molar-refractivity contribution in [2.24, 2.45) is 5.92 Å². The lowest BCUT2D eigenvalue weighted by atomic mass is 10.0. The number of carbonyl (C=O) groups excluding carboxylic acids is 2. The Morgan fingerprint density at radius 2 is 1.82 bits per heavy atom. The summed E-state index contributed by atoms with van der Waals surface area (Å²) in [4.78, 5) is 24.8. The molecule has 6 nitrogen and oxygen atoms in total. The van der Waals surface area contributed by atoms with Crippen LogP contribution in [0.1, 0.15) is 34.8 Å². The second-order valence-electron chi connectivity index (χ2n) is 6.95. The minimum absolute atomic E-state index is 0.0580. The summed E-state index contributed by atoms with van der Waals surface area (Å²) in [5.74, 6) is 1.42. The van der Waals surface area contributed by atoms with E-state index in [0.717, 1.165) is 33.5 Å². The normalized spacial score (nSPS) is 16.2. The van der Waals surface area contributed by atoms with Crippen LogP contribution in [0.5, 0.6) is 11.5 Å². The molecule has 0 spiro atoms. The topological polar surface area (TPSA) is 76.7 Å². The number of ether oxygens (including phenoxy) is 2. The molecule has 0 radical (unpaired) electrons. The van der Waals surface area contributed by atoms with Crippen molar-refractivity contribution in [3.05, 3.63) is 57.2 Å². The quantitative estimate of drug-likeness (QED) is 0.608. The van der Waals surface area contributed by atoms with Crippen molar-refractivity contribution in [3.63, 3.8) is 0 Å². The first kappa shape index (κ1) is 19.0. The van der Waals surface area contributed by atoms with Gasteiger partial charge in [0, 0.05) is 3.57 Å². The van der Waals surface area contributed by atoms with Crippen LogP contribution >= 0.6 is 22.6 Å². The SMILES string of the molecule is O=C(CNC(=O)c1ccccc1I)NC(c1ccc2c(c1)OCCO2)C1CC1. The molecule has 1 unspecified atom stereocenters. The third-order valence-corrected chi connectivity index (χ3v) is 5.80. The van der Waals surface area contributed by atoms with Gasteiger partial charge in [0.2, 0.25) is 5.91 Å². The van der Waals surface area contributed by atoms with Gasteiger partial charge in [-0.3, -0.25) is 9.59 Å². The zero-order chi connectivity index (χ0) is 19.5. The first-order chi connectivity index (χ1) is 13.6. The zero-order valence-corrected chi connectivity index (χ0v) is 17.4. The van der Waals surface area contributed by atoms with E-state index in [9.17, 15) is 9.59 Å². The number of fused-ring (bicyclic) bond motifs is 1. The molecule has 0 aromatic heterocycles. The molecule has 0 saturated heterocycles. The molecule has 146 valence electrons. The summed E-state index contributed by atoms with van der Waals surface area (Å²) in [6.45, 7) is 1.02. The Kier molecular flexibility index (Phi) is 5.70. The molecule has 4 rings (SSSR count). The van der Waals surface area contributed by atoms with Crippen molar-refractivity contribution in [1.29, 1.82) is 0 Å². The summed E-state index contributed by atoms with van der Waals surface area (Å²) in [7, 11) is 0. The molecular weight excluding hydrogens is 471 g/mol. The molecule has 28 heavy (non-hydrogen) atoms. The average molecular weight is 492 g/mol. The summed E-state index contributed by atoms with van der Waals surface area (Å²) in [6, 6.07) is 13.0. The Balaban J connectivity index is 1.39. The molecule has 2 aliphatic rings. The van der Waals surface area contributed by atoms with Crippen LogP contribution in [0.2, 0.25) is 0 Å². The van der Waals surface area contributed by atoms with Gasteiger partial charge in [-0.2, -0.15) is 0 Å². The predicted octanol–water partition coefficient (Wildman–Crippen LogP) is 3.06. The van der Waals surface area contributed by atoms with E-state index in [1.165, 1.54) is 0 Å². The van der Waals surface area contributed by atoms with Gasteiger partial charge in [0.25, 0.3) is 5.91 Å². The Morgan fingerprint density at radius 1 is 1.07 bits per heavy atom. The lowest BCUT2D eigenvalue weighted by Crippen LogP contribution is -2.39. The van der Waals surface area contributed by atoms with Crippen molar-refractivity contribution in [2.45, 2.75) is 18.9 Å². The highest BCUT2D eigenvalue weighted by atomic mass is 127. The third-order valence-electron chi connectivity index (χ3n) is 4.86. The molecule has 1 aliphatic heterocycles. The van der Waals surface area contributed by atoms with Gasteiger partial charge >= 0.3 is 0 Å². The van der Waals surface area contributed by atoms with E-state index in [4.69, 9.17) is 9.47 Å². The number of amides is 2. The number of halogens is 1. The fourth-order valence-corrected chi connectivity index (χ4v) is 3.91. The van der Waals surface area contributed by atoms with Gasteiger partial charge in [0.15, 0.2) is 11.5 Å². The molecule has 7 heteroatoms. The second kappa shape index (κ2) is 8.38. The van der Waals surface area contributed by atoms with Crippen molar-refractivity contribution in [3.8, 4) is 11.5 Å². The van der Waals surface area contributed by atoms with E-state index < -0.39 is 0 Å². The predicted molar refractivity (Wildman–Crippen MR) is 113 cm³/mol. The van der Waals surface area contributed by atoms with Crippen LogP contribution in [0.25, 0.3) is 0 Å². The smallest absolute Gasteiger partial charge is 0.252 e. The Bertz CT molecular complexity index is 898. The number of benzene rings is 2. The van der Waals surface area contributed by atoms with Crippen LogP contribution in [0.4, 0.5) is 0 Å². The molecule has 2 amide bonds. The van der Waals surface area contributed by atoms with E-state index in [0.29, 0.717) is 24.7 Å². The Labute approximate surface area is 177 Å². The van der Waals surface area contributed by atoms with Crippen LogP contribution in [-0.4, -0.2) is 31.6 Å². The molecule has 1 fully saturated rings. The highest BCUT2D eigenvalue weighted by Gasteiger charge is 2.34.